The largest absolute Gasteiger partial charge is 0.435 e. The summed E-state index contributed by atoms with van der Waals surface area (Å²) >= 11 is 0. The van der Waals surface area contributed by atoms with Crippen molar-refractivity contribution in [1.82, 2.24) is 0 Å². The highest BCUT2D eigenvalue weighted by molar-refractivity contribution is 5.97. The third-order valence-corrected chi connectivity index (χ3v) is 2.43. The second-order valence-electron chi connectivity index (χ2n) is 3.47. The summed E-state index contributed by atoms with van der Waals surface area (Å²) in [4.78, 5) is 11.7. The van der Waals surface area contributed by atoms with Crippen molar-refractivity contribution < 1.29 is 14.6 Å². The van der Waals surface area contributed by atoms with E-state index in [4.69, 9.17) is 5.11 Å². The maximum atomic E-state index is 11.7. The average Bonchev–Trinajstić information content (AvgIpc) is 2.40. The van der Waals surface area contributed by atoms with Crippen LogP contribution in [0.25, 0.3) is 11.1 Å². The monoisotopic (exact) mass is 228 g/mol. The van der Waals surface area contributed by atoms with Crippen molar-refractivity contribution in [3.63, 3.8) is 0 Å². The molecule has 3 nitrogen and oxygen atoms in total. The highest BCUT2D eigenvalue weighted by atomic mass is 16.6. The van der Waals surface area contributed by atoms with Crippen LogP contribution < -0.4 is 0 Å². The Labute approximate surface area is 99.3 Å². The molecule has 2 rings (SSSR count). The fraction of sp³-hybridized carbons (Fsp3) is 0.0714. The Morgan fingerprint density at radius 3 is 2.35 bits per heavy atom. The van der Waals surface area contributed by atoms with Gasteiger partial charge < -0.3 is 9.84 Å². The van der Waals surface area contributed by atoms with Crippen LogP contribution in [0.15, 0.2) is 54.6 Å². The molecule has 0 amide bonds. The first kappa shape index (κ1) is 11.4. The summed E-state index contributed by atoms with van der Waals surface area (Å²) in [5, 5.41) is 8.62. The number of benzene rings is 2. The first-order chi connectivity index (χ1) is 8.33. The van der Waals surface area contributed by atoms with Crippen molar-refractivity contribution in [2.75, 3.05) is 6.79 Å². The van der Waals surface area contributed by atoms with Crippen LogP contribution in [0.3, 0.4) is 0 Å². The predicted octanol–water partition coefficient (Wildman–Crippen LogP) is 2.46. The van der Waals surface area contributed by atoms with E-state index in [0.29, 0.717) is 5.56 Å². The van der Waals surface area contributed by atoms with E-state index in [-0.39, 0.29) is 0 Å². The number of aliphatic hydroxyl groups is 1. The van der Waals surface area contributed by atoms with Crippen molar-refractivity contribution in [2.45, 2.75) is 0 Å². The van der Waals surface area contributed by atoms with Gasteiger partial charge in [-0.2, -0.15) is 0 Å². The first-order valence-electron chi connectivity index (χ1n) is 5.25. The Balaban J connectivity index is 2.45. The molecule has 17 heavy (non-hydrogen) atoms. The van der Waals surface area contributed by atoms with Gasteiger partial charge in [0.2, 0.25) is 0 Å². The molecule has 0 saturated heterocycles. The second kappa shape index (κ2) is 5.27. The number of ether oxygens (including phenoxy) is 1. The molecule has 0 aliphatic rings. The van der Waals surface area contributed by atoms with Crippen molar-refractivity contribution in [2.24, 2.45) is 0 Å². The molecule has 0 atom stereocenters. The lowest BCUT2D eigenvalue weighted by Gasteiger charge is -2.08. The van der Waals surface area contributed by atoms with Gasteiger partial charge in [0.15, 0.2) is 6.79 Å². The minimum atomic E-state index is -0.609. The zero-order valence-electron chi connectivity index (χ0n) is 9.17. The molecule has 2 aromatic rings. The molecule has 2 aromatic carbocycles. The van der Waals surface area contributed by atoms with E-state index in [1.54, 1.807) is 12.1 Å². The minimum Gasteiger partial charge on any atom is -0.435 e. The summed E-state index contributed by atoms with van der Waals surface area (Å²) in [6, 6.07) is 16.7. The third kappa shape index (κ3) is 2.52. The lowest BCUT2D eigenvalue weighted by atomic mass is 10.00. The third-order valence-electron chi connectivity index (χ3n) is 2.43. The number of aliphatic hydroxyl groups excluding tert-OH is 1. The van der Waals surface area contributed by atoms with E-state index in [0.717, 1.165) is 11.1 Å². The molecule has 86 valence electrons. The fourth-order valence-electron chi connectivity index (χ4n) is 1.67. The van der Waals surface area contributed by atoms with Gasteiger partial charge in [-0.05, 0) is 17.2 Å². The zero-order valence-corrected chi connectivity index (χ0v) is 9.17. The average molecular weight is 228 g/mol. The van der Waals surface area contributed by atoms with Crippen molar-refractivity contribution in [3.05, 3.63) is 60.2 Å². The van der Waals surface area contributed by atoms with Gasteiger partial charge in [-0.3, -0.25) is 0 Å². The van der Waals surface area contributed by atoms with Crippen LogP contribution in [0.5, 0.6) is 0 Å². The Bertz CT molecular complexity index is 506. The molecule has 0 aliphatic carbocycles. The number of esters is 1. The standard InChI is InChI=1S/C14H12O3/c15-10-17-14(16)13-9-5-4-8-12(13)11-6-2-1-3-7-11/h1-9,15H,10H2. The molecule has 0 bridgehead atoms. The zero-order chi connectivity index (χ0) is 12.1. The number of rotatable bonds is 3. The number of hydrogen-bond acceptors (Lipinski definition) is 3. The molecule has 0 spiro atoms. The van der Waals surface area contributed by atoms with E-state index in [2.05, 4.69) is 4.74 Å². The van der Waals surface area contributed by atoms with Crippen LogP contribution in [-0.4, -0.2) is 17.9 Å². The van der Waals surface area contributed by atoms with Gasteiger partial charge in [0.1, 0.15) is 0 Å². The van der Waals surface area contributed by atoms with Crippen molar-refractivity contribution in [3.8, 4) is 11.1 Å². The molecule has 1 N–H and O–H groups in total. The molecular weight excluding hydrogens is 216 g/mol. The topological polar surface area (TPSA) is 46.5 Å². The highest BCUT2D eigenvalue weighted by Gasteiger charge is 2.12. The Kier molecular flexibility index (Phi) is 3.52. The lowest BCUT2D eigenvalue weighted by molar-refractivity contribution is 0.00692. The number of carbonyl (C=O) groups excluding carboxylic acids is 1. The van der Waals surface area contributed by atoms with E-state index in [1.807, 2.05) is 42.5 Å². The molecule has 3 heteroatoms. The SMILES string of the molecule is O=C(OCO)c1ccccc1-c1ccccc1. The molecular formula is C14H12O3. The van der Waals surface area contributed by atoms with Gasteiger partial charge in [0, 0.05) is 0 Å². The van der Waals surface area contributed by atoms with Crippen LogP contribution in [0.4, 0.5) is 0 Å². The van der Waals surface area contributed by atoms with Gasteiger partial charge in [-0.15, -0.1) is 0 Å². The number of carbonyl (C=O) groups is 1. The Morgan fingerprint density at radius 2 is 1.65 bits per heavy atom. The van der Waals surface area contributed by atoms with Crippen LogP contribution in [0, 0.1) is 0 Å². The van der Waals surface area contributed by atoms with E-state index in [9.17, 15) is 4.79 Å². The van der Waals surface area contributed by atoms with Gasteiger partial charge in [-0.25, -0.2) is 4.79 Å². The molecule has 0 aromatic heterocycles. The lowest BCUT2D eigenvalue weighted by Crippen LogP contribution is -2.07. The van der Waals surface area contributed by atoms with E-state index >= 15 is 0 Å². The Morgan fingerprint density at radius 1 is 1.00 bits per heavy atom. The van der Waals surface area contributed by atoms with Crippen LogP contribution in [0.2, 0.25) is 0 Å². The van der Waals surface area contributed by atoms with E-state index < -0.39 is 12.8 Å². The van der Waals surface area contributed by atoms with Crippen molar-refractivity contribution in [1.29, 1.82) is 0 Å². The first-order valence-corrected chi connectivity index (χ1v) is 5.25. The van der Waals surface area contributed by atoms with Gasteiger partial charge >= 0.3 is 5.97 Å². The highest BCUT2D eigenvalue weighted by Crippen LogP contribution is 2.23. The normalized spacial score (nSPS) is 9.94. The van der Waals surface area contributed by atoms with Crippen molar-refractivity contribution >= 4 is 5.97 Å². The number of hydrogen-bond donors (Lipinski definition) is 1. The van der Waals surface area contributed by atoms with Crippen LogP contribution in [-0.2, 0) is 4.74 Å². The summed E-state index contributed by atoms with van der Waals surface area (Å²) < 4.78 is 4.61. The maximum absolute atomic E-state index is 11.7. The molecule has 0 unspecified atom stereocenters. The van der Waals surface area contributed by atoms with Crippen LogP contribution >= 0.6 is 0 Å². The van der Waals surface area contributed by atoms with Gasteiger partial charge in [-0.1, -0.05) is 48.5 Å². The summed E-state index contributed by atoms with van der Waals surface area (Å²) in [6.45, 7) is -0.609. The smallest absolute Gasteiger partial charge is 0.340 e. The van der Waals surface area contributed by atoms with E-state index in [1.165, 1.54) is 0 Å². The van der Waals surface area contributed by atoms with Gasteiger partial charge in [0.05, 0.1) is 5.56 Å². The predicted molar refractivity (Wildman–Crippen MR) is 64.4 cm³/mol. The van der Waals surface area contributed by atoms with Gasteiger partial charge in [0.25, 0.3) is 0 Å². The molecule has 0 fully saturated rings. The maximum Gasteiger partial charge on any atom is 0.340 e. The fourth-order valence-corrected chi connectivity index (χ4v) is 1.67. The van der Waals surface area contributed by atoms with Crippen LogP contribution in [0.1, 0.15) is 10.4 Å². The summed E-state index contributed by atoms with van der Waals surface area (Å²) in [5.74, 6) is -0.521. The Hall–Kier alpha value is -2.13. The summed E-state index contributed by atoms with van der Waals surface area (Å²) in [5.41, 5.74) is 2.19. The molecule has 0 radical (unpaired) electrons. The minimum absolute atomic E-state index is 0.452. The molecule has 0 aliphatic heterocycles. The quantitative estimate of drug-likeness (QED) is 0.648. The summed E-state index contributed by atoms with van der Waals surface area (Å²) in [6.07, 6.45) is 0. The molecule has 0 saturated carbocycles. The summed E-state index contributed by atoms with van der Waals surface area (Å²) in [7, 11) is 0. The second-order valence-corrected chi connectivity index (χ2v) is 3.47. The molecule has 0 heterocycles.